The van der Waals surface area contributed by atoms with Gasteiger partial charge in [0.25, 0.3) is 0 Å². The Kier molecular flexibility index (Phi) is 5.51. The number of carbonyl (C=O) groups is 1. The fourth-order valence-corrected chi connectivity index (χ4v) is 1.38. The van der Waals surface area contributed by atoms with E-state index in [1.165, 1.54) is 17.7 Å². The summed E-state index contributed by atoms with van der Waals surface area (Å²) in [4.78, 5) is 11.6. The molecule has 19 heavy (non-hydrogen) atoms. The number of halogens is 3. The molecule has 1 aromatic carbocycles. The number of urea groups is 1. The Morgan fingerprint density at radius 1 is 1.26 bits per heavy atom. The third-order valence-electron chi connectivity index (χ3n) is 2.19. The lowest BCUT2D eigenvalue weighted by atomic mass is 10.2. The molecule has 102 valence electrons. The highest BCUT2D eigenvalue weighted by Gasteiger charge is 2.07. The molecule has 2 amide bonds. The zero-order valence-electron chi connectivity index (χ0n) is 10.4. The molecule has 0 aliphatic heterocycles. The molecule has 1 rings (SSSR count). The van der Waals surface area contributed by atoms with Gasteiger partial charge in [-0.25, -0.2) is 13.6 Å². The van der Waals surface area contributed by atoms with Crippen molar-refractivity contribution in [1.29, 1.82) is 0 Å². The second-order valence-corrected chi connectivity index (χ2v) is 4.17. The third kappa shape index (κ3) is 4.71. The smallest absolute Gasteiger partial charge is 0.308 e. The van der Waals surface area contributed by atoms with Gasteiger partial charge in [0.1, 0.15) is 0 Å². The molecule has 3 nitrogen and oxygen atoms in total. The Labute approximate surface area is 115 Å². The molecule has 0 saturated carbocycles. The minimum atomic E-state index is -1.03. The summed E-state index contributed by atoms with van der Waals surface area (Å²) in [6, 6.07) is 2.52. The van der Waals surface area contributed by atoms with Gasteiger partial charge in [0, 0.05) is 23.0 Å². The molecule has 0 bridgehead atoms. The zero-order valence-corrected chi connectivity index (χ0v) is 11.2. The predicted molar refractivity (Wildman–Crippen MR) is 71.9 cm³/mol. The molecule has 2 N–H and O–H groups in total. The van der Waals surface area contributed by atoms with Gasteiger partial charge in [-0.15, -0.1) is 0 Å². The second kappa shape index (κ2) is 6.89. The topological polar surface area (TPSA) is 41.1 Å². The van der Waals surface area contributed by atoms with Gasteiger partial charge in [-0.05, 0) is 32.1 Å². The highest BCUT2D eigenvalue weighted by atomic mass is 35.5. The average molecular weight is 287 g/mol. The molecule has 0 heterocycles. The standard InChI is InChI=1S/C13H13ClF2N2O/c1-8(2)12(5-6-14)18-13(19)17-9-3-4-10(15)11(16)7-9/h3-7H,1-2H3,(H2,17,18,19)/b6-5+. The maximum absolute atomic E-state index is 13.0. The first-order valence-corrected chi connectivity index (χ1v) is 5.85. The molecule has 0 fully saturated rings. The third-order valence-corrected chi connectivity index (χ3v) is 2.32. The van der Waals surface area contributed by atoms with Crippen molar-refractivity contribution in [2.45, 2.75) is 13.8 Å². The van der Waals surface area contributed by atoms with Crippen molar-refractivity contribution >= 4 is 23.3 Å². The monoisotopic (exact) mass is 286 g/mol. The van der Waals surface area contributed by atoms with Crippen molar-refractivity contribution in [3.05, 3.63) is 52.7 Å². The fourth-order valence-electron chi connectivity index (χ4n) is 1.25. The Morgan fingerprint density at radius 2 is 1.95 bits per heavy atom. The van der Waals surface area contributed by atoms with Crippen LogP contribution in [0.15, 0.2) is 41.1 Å². The van der Waals surface area contributed by atoms with E-state index in [-0.39, 0.29) is 5.69 Å². The number of anilines is 1. The molecule has 0 radical (unpaired) electrons. The molecule has 0 atom stereocenters. The van der Waals surface area contributed by atoms with Crippen molar-refractivity contribution in [2.75, 3.05) is 5.32 Å². The predicted octanol–water partition coefficient (Wildman–Crippen LogP) is 4.13. The molecule has 0 spiro atoms. The fraction of sp³-hybridized carbons (Fsp3) is 0.154. The van der Waals surface area contributed by atoms with E-state index in [1.807, 2.05) is 0 Å². The molecule has 1 aromatic rings. The summed E-state index contributed by atoms with van der Waals surface area (Å²) in [6.07, 6.45) is 1.52. The Balaban J connectivity index is 2.75. The van der Waals surface area contributed by atoms with E-state index in [0.29, 0.717) is 5.70 Å². The van der Waals surface area contributed by atoms with Crippen LogP contribution >= 0.6 is 11.6 Å². The maximum atomic E-state index is 13.0. The van der Waals surface area contributed by atoms with Crippen LogP contribution in [0.3, 0.4) is 0 Å². The lowest BCUT2D eigenvalue weighted by Crippen LogP contribution is -2.28. The van der Waals surface area contributed by atoms with Gasteiger partial charge in [0.2, 0.25) is 0 Å². The highest BCUT2D eigenvalue weighted by Crippen LogP contribution is 2.13. The van der Waals surface area contributed by atoms with Gasteiger partial charge in [-0.3, -0.25) is 0 Å². The Bertz CT molecular complexity index is 537. The van der Waals surface area contributed by atoms with Gasteiger partial charge in [0.05, 0.1) is 0 Å². The van der Waals surface area contributed by atoms with Gasteiger partial charge in [-0.1, -0.05) is 17.2 Å². The zero-order chi connectivity index (χ0) is 14.4. The number of benzene rings is 1. The lowest BCUT2D eigenvalue weighted by molar-refractivity contribution is 0.254. The minimum absolute atomic E-state index is 0.152. The normalized spacial score (nSPS) is 10.4. The Morgan fingerprint density at radius 3 is 2.47 bits per heavy atom. The van der Waals surface area contributed by atoms with Crippen LogP contribution in [0.5, 0.6) is 0 Å². The average Bonchev–Trinajstić information content (AvgIpc) is 2.33. The quantitative estimate of drug-likeness (QED) is 0.806. The van der Waals surface area contributed by atoms with E-state index < -0.39 is 17.7 Å². The first kappa shape index (κ1) is 15.2. The van der Waals surface area contributed by atoms with Crippen LogP contribution in [0, 0.1) is 11.6 Å². The molecular weight excluding hydrogens is 274 g/mol. The van der Waals surface area contributed by atoms with Crippen LogP contribution < -0.4 is 10.6 Å². The summed E-state index contributed by atoms with van der Waals surface area (Å²) in [6.45, 7) is 3.59. The summed E-state index contributed by atoms with van der Waals surface area (Å²) in [7, 11) is 0. The number of rotatable bonds is 3. The highest BCUT2D eigenvalue weighted by molar-refractivity contribution is 6.25. The molecular formula is C13H13ClF2N2O. The van der Waals surface area contributed by atoms with E-state index >= 15 is 0 Å². The van der Waals surface area contributed by atoms with Crippen LogP contribution in [-0.4, -0.2) is 6.03 Å². The van der Waals surface area contributed by atoms with Crippen molar-refractivity contribution in [2.24, 2.45) is 0 Å². The SMILES string of the molecule is CC(C)=C(/C=C/Cl)NC(=O)Nc1ccc(F)c(F)c1. The van der Waals surface area contributed by atoms with Crippen molar-refractivity contribution in [3.63, 3.8) is 0 Å². The molecule has 0 aliphatic rings. The molecule has 0 aromatic heterocycles. The number of carbonyl (C=O) groups excluding carboxylic acids is 1. The van der Waals surface area contributed by atoms with E-state index in [4.69, 9.17) is 11.6 Å². The van der Waals surface area contributed by atoms with E-state index in [2.05, 4.69) is 10.6 Å². The molecule has 0 saturated heterocycles. The van der Waals surface area contributed by atoms with Gasteiger partial charge in [-0.2, -0.15) is 0 Å². The minimum Gasteiger partial charge on any atom is -0.308 e. The number of hydrogen-bond donors (Lipinski definition) is 2. The van der Waals surface area contributed by atoms with Crippen LogP contribution in [0.1, 0.15) is 13.8 Å². The second-order valence-electron chi connectivity index (χ2n) is 3.91. The summed E-state index contributed by atoms with van der Waals surface area (Å²) in [5.41, 5.74) is 2.78. The van der Waals surface area contributed by atoms with E-state index in [0.717, 1.165) is 17.7 Å². The summed E-state index contributed by atoms with van der Waals surface area (Å²) >= 11 is 5.44. The van der Waals surface area contributed by atoms with Gasteiger partial charge >= 0.3 is 6.03 Å². The van der Waals surface area contributed by atoms with Crippen molar-refractivity contribution in [3.8, 4) is 0 Å². The number of nitrogens with one attached hydrogen (secondary N) is 2. The molecule has 6 heteroatoms. The summed E-state index contributed by atoms with van der Waals surface area (Å²) in [5, 5.41) is 4.93. The first-order chi connectivity index (χ1) is 8.93. The summed E-state index contributed by atoms with van der Waals surface area (Å²) in [5.74, 6) is -2.00. The molecule has 0 aliphatic carbocycles. The van der Waals surface area contributed by atoms with Crippen molar-refractivity contribution in [1.82, 2.24) is 5.32 Å². The van der Waals surface area contributed by atoms with Crippen LogP contribution in [0.25, 0.3) is 0 Å². The number of hydrogen-bond acceptors (Lipinski definition) is 1. The van der Waals surface area contributed by atoms with E-state index in [1.54, 1.807) is 13.8 Å². The van der Waals surface area contributed by atoms with Gasteiger partial charge < -0.3 is 10.6 Å². The first-order valence-electron chi connectivity index (χ1n) is 5.41. The number of allylic oxidation sites excluding steroid dienone is 2. The van der Waals surface area contributed by atoms with E-state index in [9.17, 15) is 13.6 Å². The molecule has 0 unspecified atom stereocenters. The van der Waals surface area contributed by atoms with Crippen LogP contribution in [0.4, 0.5) is 19.3 Å². The van der Waals surface area contributed by atoms with Crippen LogP contribution in [0.2, 0.25) is 0 Å². The summed E-state index contributed by atoms with van der Waals surface area (Å²) < 4.78 is 25.7. The lowest BCUT2D eigenvalue weighted by Gasteiger charge is -2.10. The largest absolute Gasteiger partial charge is 0.323 e. The number of amides is 2. The Hall–Kier alpha value is -1.88. The van der Waals surface area contributed by atoms with Crippen molar-refractivity contribution < 1.29 is 13.6 Å². The van der Waals surface area contributed by atoms with Crippen LogP contribution in [-0.2, 0) is 0 Å². The van der Waals surface area contributed by atoms with Gasteiger partial charge in [0.15, 0.2) is 11.6 Å². The maximum Gasteiger partial charge on any atom is 0.323 e.